The summed E-state index contributed by atoms with van der Waals surface area (Å²) in [6.07, 6.45) is 8.57. The first-order valence-electron chi connectivity index (χ1n) is 8.86. The minimum atomic E-state index is -0.128. The van der Waals surface area contributed by atoms with Gasteiger partial charge in [0.2, 0.25) is 0 Å². The third-order valence-electron chi connectivity index (χ3n) is 4.46. The molecule has 0 atom stereocenters. The minimum absolute atomic E-state index is 0.128. The summed E-state index contributed by atoms with van der Waals surface area (Å²) in [5.74, 6) is 2.18. The van der Waals surface area contributed by atoms with Gasteiger partial charge in [-0.1, -0.05) is 6.92 Å². The summed E-state index contributed by atoms with van der Waals surface area (Å²) >= 11 is 0. The first-order valence-corrected chi connectivity index (χ1v) is 8.86. The third kappa shape index (κ3) is 4.26. The van der Waals surface area contributed by atoms with E-state index in [1.165, 1.54) is 12.8 Å². The van der Waals surface area contributed by atoms with Gasteiger partial charge in [0, 0.05) is 43.9 Å². The number of imidazole rings is 1. The molecule has 130 valence electrons. The van der Waals surface area contributed by atoms with Gasteiger partial charge < -0.3 is 14.7 Å². The van der Waals surface area contributed by atoms with Crippen LogP contribution in [0.1, 0.15) is 53.9 Å². The van der Waals surface area contributed by atoms with Crippen LogP contribution >= 0.6 is 0 Å². The SMILES string of the molecule is CCc1oc(C(=O)NCCCc2ncc[nH]2)cc1CN1CCCC1. The van der Waals surface area contributed by atoms with Crippen molar-refractivity contribution in [1.29, 1.82) is 0 Å². The molecular formula is C18H26N4O2. The number of rotatable bonds is 8. The first kappa shape index (κ1) is 16.8. The Morgan fingerprint density at radius 1 is 1.42 bits per heavy atom. The summed E-state index contributed by atoms with van der Waals surface area (Å²) < 4.78 is 5.78. The molecule has 0 saturated carbocycles. The molecule has 6 nitrogen and oxygen atoms in total. The number of furan rings is 1. The molecule has 0 spiro atoms. The molecule has 0 unspecified atom stereocenters. The summed E-state index contributed by atoms with van der Waals surface area (Å²) in [6, 6.07) is 1.92. The molecule has 1 saturated heterocycles. The molecule has 0 radical (unpaired) electrons. The van der Waals surface area contributed by atoms with Gasteiger partial charge in [-0.05, 0) is 38.4 Å². The fraction of sp³-hybridized carbons (Fsp3) is 0.556. The van der Waals surface area contributed by atoms with Crippen molar-refractivity contribution in [3.63, 3.8) is 0 Å². The number of aryl methyl sites for hydroxylation is 2. The van der Waals surface area contributed by atoms with Gasteiger partial charge >= 0.3 is 0 Å². The van der Waals surface area contributed by atoms with Crippen LogP contribution in [0.15, 0.2) is 22.9 Å². The quantitative estimate of drug-likeness (QED) is 0.730. The normalized spacial score (nSPS) is 15.0. The molecule has 24 heavy (non-hydrogen) atoms. The number of aromatic nitrogens is 2. The van der Waals surface area contributed by atoms with Crippen LogP contribution in [0.25, 0.3) is 0 Å². The van der Waals surface area contributed by atoms with Crippen molar-refractivity contribution in [1.82, 2.24) is 20.2 Å². The van der Waals surface area contributed by atoms with Crippen LogP contribution in [0, 0.1) is 0 Å². The Bertz CT molecular complexity index is 642. The van der Waals surface area contributed by atoms with Gasteiger partial charge in [-0.25, -0.2) is 4.98 Å². The number of amides is 1. The molecule has 0 aromatic carbocycles. The van der Waals surface area contributed by atoms with Gasteiger partial charge in [0.05, 0.1) is 0 Å². The van der Waals surface area contributed by atoms with Gasteiger partial charge in [-0.2, -0.15) is 0 Å². The van der Waals surface area contributed by atoms with E-state index in [0.717, 1.165) is 56.0 Å². The maximum absolute atomic E-state index is 12.3. The highest BCUT2D eigenvalue weighted by molar-refractivity contribution is 5.91. The highest BCUT2D eigenvalue weighted by Crippen LogP contribution is 2.20. The lowest BCUT2D eigenvalue weighted by molar-refractivity contribution is 0.0924. The van der Waals surface area contributed by atoms with Crippen molar-refractivity contribution in [2.75, 3.05) is 19.6 Å². The van der Waals surface area contributed by atoms with Gasteiger partial charge in [-0.15, -0.1) is 0 Å². The molecule has 1 aliphatic heterocycles. The van der Waals surface area contributed by atoms with Crippen molar-refractivity contribution in [3.05, 3.63) is 41.4 Å². The number of carbonyl (C=O) groups is 1. The van der Waals surface area contributed by atoms with Crippen molar-refractivity contribution in [2.24, 2.45) is 0 Å². The molecule has 0 bridgehead atoms. The van der Waals surface area contributed by atoms with Crippen LogP contribution in [0.4, 0.5) is 0 Å². The third-order valence-corrected chi connectivity index (χ3v) is 4.46. The van der Waals surface area contributed by atoms with Crippen molar-refractivity contribution < 1.29 is 9.21 Å². The smallest absolute Gasteiger partial charge is 0.287 e. The summed E-state index contributed by atoms with van der Waals surface area (Å²) in [5, 5.41) is 2.93. The highest BCUT2D eigenvalue weighted by atomic mass is 16.4. The Hall–Kier alpha value is -2.08. The van der Waals surface area contributed by atoms with Crippen LogP contribution in [0.3, 0.4) is 0 Å². The lowest BCUT2D eigenvalue weighted by atomic mass is 10.2. The van der Waals surface area contributed by atoms with Gasteiger partial charge in [-0.3, -0.25) is 9.69 Å². The molecule has 3 rings (SSSR count). The molecule has 0 aliphatic carbocycles. The standard InChI is InChI=1S/C18H26N4O2/c1-2-15-14(13-22-10-3-4-11-22)12-16(24-15)18(23)21-7-5-6-17-19-8-9-20-17/h8-9,12H,2-7,10-11,13H2,1H3,(H,19,20)(H,21,23). The van der Waals surface area contributed by atoms with Gasteiger partial charge in [0.1, 0.15) is 11.6 Å². The second-order valence-corrected chi connectivity index (χ2v) is 6.29. The Kier molecular flexibility index (Phi) is 5.69. The number of H-pyrrole nitrogens is 1. The molecule has 1 amide bonds. The lowest BCUT2D eigenvalue weighted by Gasteiger charge is -2.13. The fourth-order valence-electron chi connectivity index (χ4n) is 3.17. The van der Waals surface area contributed by atoms with Crippen molar-refractivity contribution >= 4 is 5.91 Å². The molecule has 2 N–H and O–H groups in total. The summed E-state index contributed by atoms with van der Waals surface area (Å²) in [7, 11) is 0. The number of carbonyl (C=O) groups excluding carboxylic acids is 1. The summed E-state index contributed by atoms with van der Waals surface area (Å²) in [4.78, 5) is 21.9. The molecule has 2 aromatic rings. The highest BCUT2D eigenvalue weighted by Gasteiger charge is 2.19. The second kappa shape index (κ2) is 8.15. The average molecular weight is 330 g/mol. The topological polar surface area (TPSA) is 74.2 Å². The summed E-state index contributed by atoms with van der Waals surface area (Å²) in [5.41, 5.74) is 1.15. The van der Waals surface area contributed by atoms with E-state index in [1.54, 1.807) is 6.20 Å². The average Bonchev–Trinajstić information content (AvgIpc) is 3.33. The molecule has 1 fully saturated rings. The van der Waals surface area contributed by atoms with E-state index in [9.17, 15) is 4.79 Å². The maximum Gasteiger partial charge on any atom is 0.287 e. The second-order valence-electron chi connectivity index (χ2n) is 6.29. The van der Waals surface area contributed by atoms with E-state index < -0.39 is 0 Å². The predicted molar refractivity (Wildman–Crippen MR) is 91.8 cm³/mol. The zero-order valence-electron chi connectivity index (χ0n) is 14.3. The molecular weight excluding hydrogens is 304 g/mol. The number of nitrogens with one attached hydrogen (secondary N) is 2. The van der Waals surface area contributed by atoms with Crippen LogP contribution in [0.2, 0.25) is 0 Å². The van der Waals surface area contributed by atoms with Gasteiger partial charge in [0.25, 0.3) is 5.91 Å². The van der Waals surface area contributed by atoms with Crippen LogP contribution in [-0.4, -0.2) is 40.4 Å². The zero-order chi connectivity index (χ0) is 16.8. The minimum Gasteiger partial charge on any atom is -0.456 e. The maximum atomic E-state index is 12.3. The zero-order valence-corrected chi connectivity index (χ0v) is 14.3. The van der Waals surface area contributed by atoms with Gasteiger partial charge in [0.15, 0.2) is 5.76 Å². The van der Waals surface area contributed by atoms with E-state index in [-0.39, 0.29) is 5.91 Å². The van der Waals surface area contributed by atoms with E-state index in [4.69, 9.17) is 4.42 Å². The largest absolute Gasteiger partial charge is 0.456 e. The molecule has 6 heteroatoms. The lowest BCUT2D eigenvalue weighted by Crippen LogP contribution is -2.24. The molecule has 3 heterocycles. The first-order chi connectivity index (χ1) is 11.8. The van der Waals surface area contributed by atoms with E-state index in [1.807, 2.05) is 12.3 Å². The Morgan fingerprint density at radius 3 is 2.96 bits per heavy atom. The van der Waals surface area contributed by atoms with Crippen LogP contribution in [-0.2, 0) is 19.4 Å². The number of hydrogen-bond donors (Lipinski definition) is 2. The number of likely N-dealkylation sites (tertiary alicyclic amines) is 1. The number of aromatic amines is 1. The monoisotopic (exact) mass is 330 g/mol. The van der Waals surface area contributed by atoms with Crippen molar-refractivity contribution in [2.45, 2.75) is 45.6 Å². The Morgan fingerprint density at radius 2 is 2.25 bits per heavy atom. The summed E-state index contributed by atoms with van der Waals surface area (Å²) in [6.45, 7) is 5.85. The number of hydrogen-bond acceptors (Lipinski definition) is 4. The van der Waals surface area contributed by atoms with Crippen LogP contribution in [0.5, 0.6) is 0 Å². The molecule has 2 aromatic heterocycles. The fourth-order valence-corrected chi connectivity index (χ4v) is 3.17. The Balaban J connectivity index is 1.51. The van der Waals surface area contributed by atoms with Crippen molar-refractivity contribution in [3.8, 4) is 0 Å². The van der Waals surface area contributed by atoms with E-state index in [0.29, 0.717) is 12.3 Å². The van der Waals surface area contributed by atoms with E-state index in [2.05, 4.69) is 27.1 Å². The van der Waals surface area contributed by atoms with E-state index >= 15 is 0 Å². The predicted octanol–water partition coefficient (Wildman–Crippen LogP) is 2.52. The van der Waals surface area contributed by atoms with Crippen LogP contribution < -0.4 is 5.32 Å². The molecule has 1 aliphatic rings. The number of nitrogens with zero attached hydrogens (tertiary/aromatic N) is 2. The Labute approximate surface area is 142 Å².